The number of piperazine rings is 1. The summed E-state index contributed by atoms with van der Waals surface area (Å²) in [5.74, 6) is 0. The Hall–Kier alpha value is -2.22. The van der Waals surface area contributed by atoms with Crippen LogP contribution >= 0.6 is 0 Å². The topological polar surface area (TPSA) is 78.1 Å². The second-order valence-electron chi connectivity index (χ2n) is 5.78. The Bertz CT molecular complexity index is 975. The van der Waals surface area contributed by atoms with Gasteiger partial charge in [-0.15, -0.1) is 0 Å². The van der Waals surface area contributed by atoms with Gasteiger partial charge in [-0.25, -0.2) is 13.4 Å². The summed E-state index contributed by atoms with van der Waals surface area (Å²) in [5.41, 5.74) is 2.64. The van der Waals surface area contributed by atoms with Gasteiger partial charge in [0.1, 0.15) is 5.65 Å². The van der Waals surface area contributed by atoms with Gasteiger partial charge in [0.25, 0.3) is 0 Å². The number of fused-ring (bicyclic) bond motifs is 1. The number of aromatic amines is 1. The summed E-state index contributed by atoms with van der Waals surface area (Å²) in [5, 5.41) is 4.16. The molecule has 0 aliphatic carbocycles. The Morgan fingerprint density at radius 2 is 1.92 bits per heavy atom. The molecule has 1 saturated heterocycles. The molecule has 3 heterocycles. The zero-order valence-corrected chi connectivity index (χ0v) is 13.9. The van der Waals surface area contributed by atoms with Crippen molar-refractivity contribution in [3.8, 4) is 11.1 Å². The Balaban J connectivity index is 1.78. The molecule has 1 aliphatic rings. The van der Waals surface area contributed by atoms with E-state index in [1.54, 1.807) is 28.7 Å². The first kappa shape index (κ1) is 15.3. The second kappa shape index (κ2) is 6.01. The number of sulfonamides is 1. The standard InChI is InChI=1S/C17H18N4O2S/c22-24(23,21-10-8-18-9-11-21)14-3-1-2-13(12-14)15-4-6-19-17-16(15)5-7-20-17/h1-7,12,18H,8-11H2,(H,19,20). The van der Waals surface area contributed by atoms with Crippen molar-refractivity contribution in [2.24, 2.45) is 0 Å². The maximum Gasteiger partial charge on any atom is 0.243 e. The minimum absolute atomic E-state index is 0.336. The molecule has 124 valence electrons. The number of pyridine rings is 1. The molecule has 1 fully saturated rings. The van der Waals surface area contributed by atoms with Crippen LogP contribution in [0.3, 0.4) is 0 Å². The first-order chi connectivity index (χ1) is 11.7. The highest BCUT2D eigenvalue weighted by Gasteiger charge is 2.26. The van der Waals surface area contributed by atoms with Crippen molar-refractivity contribution in [3.05, 3.63) is 48.8 Å². The van der Waals surface area contributed by atoms with Gasteiger partial charge in [-0.2, -0.15) is 4.31 Å². The fraction of sp³-hybridized carbons (Fsp3) is 0.235. The molecule has 0 saturated carbocycles. The SMILES string of the molecule is O=S(=O)(c1cccc(-c2ccnc3[nH]ccc23)c1)N1CCNCC1. The van der Waals surface area contributed by atoms with Crippen molar-refractivity contribution in [1.29, 1.82) is 0 Å². The molecule has 2 aromatic heterocycles. The van der Waals surface area contributed by atoms with E-state index >= 15 is 0 Å². The second-order valence-corrected chi connectivity index (χ2v) is 7.72. The van der Waals surface area contributed by atoms with Gasteiger partial charge in [0.05, 0.1) is 4.90 Å². The third kappa shape index (κ3) is 2.60. The molecule has 2 N–H and O–H groups in total. The van der Waals surface area contributed by atoms with Gasteiger partial charge < -0.3 is 10.3 Å². The van der Waals surface area contributed by atoms with Crippen LogP contribution in [0, 0.1) is 0 Å². The molecule has 0 bridgehead atoms. The number of benzene rings is 1. The zero-order valence-electron chi connectivity index (χ0n) is 13.1. The van der Waals surface area contributed by atoms with Crippen LogP contribution in [0.5, 0.6) is 0 Å². The van der Waals surface area contributed by atoms with Crippen molar-refractivity contribution in [3.63, 3.8) is 0 Å². The van der Waals surface area contributed by atoms with E-state index in [1.165, 1.54) is 0 Å². The van der Waals surface area contributed by atoms with Crippen molar-refractivity contribution < 1.29 is 8.42 Å². The third-order valence-corrected chi connectivity index (χ3v) is 6.21. The number of H-pyrrole nitrogens is 1. The molecule has 24 heavy (non-hydrogen) atoms. The summed E-state index contributed by atoms with van der Waals surface area (Å²) in [6.45, 7) is 2.38. The summed E-state index contributed by atoms with van der Waals surface area (Å²) < 4.78 is 27.3. The monoisotopic (exact) mass is 342 g/mol. The van der Waals surface area contributed by atoms with Gasteiger partial charge >= 0.3 is 0 Å². The van der Waals surface area contributed by atoms with Crippen LogP contribution in [0.15, 0.2) is 53.7 Å². The van der Waals surface area contributed by atoms with E-state index in [0.717, 1.165) is 22.2 Å². The minimum atomic E-state index is -3.46. The zero-order chi connectivity index (χ0) is 16.6. The van der Waals surface area contributed by atoms with Crippen molar-refractivity contribution >= 4 is 21.1 Å². The molecule has 0 amide bonds. The van der Waals surface area contributed by atoms with Gasteiger partial charge in [-0.1, -0.05) is 12.1 Å². The lowest BCUT2D eigenvalue weighted by Crippen LogP contribution is -2.46. The number of nitrogens with zero attached hydrogens (tertiary/aromatic N) is 2. The van der Waals surface area contributed by atoms with Gasteiger partial charge in [-0.3, -0.25) is 0 Å². The molecular formula is C17H18N4O2S. The highest BCUT2D eigenvalue weighted by atomic mass is 32.2. The van der Waals surface area contributed by atoms with E-state index in [9.17, 15) is 8.42 Å². The van der Waals surface area contributed by atoms with Crippen LogP contribution in [-0.2, 0) is 10.0 Å². The molecule has 1 aromatic carbocycles. The average Bonchev–Trinajstić information content (AvgIpc) is 3.11. The summed E-state index contributed by atoms with van der Waals surface area (Å²) in [6.07, 6.45) is 3.56. The fourth-order valence-corrected chi connectivity index (χ4v) is 4.56. The Kier molecular flexibility index (Phi) is 3.84. The van der Waals surface area contributed by atoms with E-state index in [0.29, 0.717) is 31.1 Å². The third-order valence-electron chi connectivity index (χ3n) is 4.32. The van der Waals surface area contributed by atoms with E-state index in [2.05, 4.69) is 15.3 Å². The quantitative estimate of drug-likeness (QED) is 0.761. The van der Waals surface area contributed by atoms with Crippen LogP contribution in [0.25, 0.3) is 22.2 Å². The van der Waals surface area contributed by atoms with E-state index < -0.39 is 10.0 Å². The summed E-state index contributed by atoms with van der Waals surface area (Å²) in [7, 11) is -3.46. The summed E-state index contributed by atoms with van der Waals surface area (Å²) >= 11 is 0. The first-order valence-electron chi connectivity index (χ1n) is 7.90. The van der Waals surface area contributed by atoms with Crippen LogP contribution in [0.4, 0.5) is 0 Å². The van der Waals surface area contributed by atoms with Crippen LogP contribution < -0.4 is 5.32 Å². The van der Waals surface area contributed by atoms with Gasteiger partial charge in [0.2, 0.25) is 10.0 Å². The minimum Gasteiger partial charge on any atom is -0.346 e. The molecule has 1 aliphatic heterocycles. The number of hydrogen-bond acceptors (Lipinski definition) is 4. The number of nitrogens with one attached hydrogen (secondary N) is 2. The molecule has 4 rings (SSSR count). The Labute approximate surface area is 140 Å². The predicted molar refractivity (Wildman–Crippen MR) is 93.2 cm³/mol. The predicted octanol–water partition coefficient (Wildman–Crippen LogP) is 1.82. The lowest BCUT2D eigenvalue weighted by molar-refractivity contribution is 0.360. The highest BCUT2D eigenvalue weighted by molar-refractivity contribution is 7.89. The summed E-state index contributed by atoms with van der Waals surface area (Å²) in [6, 6.07) is 11.0. The van der Waals surface area contributed by atoms with E-state index in [-0.39, 0.29) is 0 Å². The normalized spacial score (nSPS) is 16.5. The lowest BCUT2D eigenvalue weighted by atomic mass is 10.0. The van der Waals surface area contributed by atoms with Crippen molar-refractivity contribution in [1.82, 2.24) is 19.6 Å². The smallest absolute Gasteiger partial charge is 0.243 e. The van der Waals surface area contributed by atoms with E-state index in [1.807, 2.05) is 24.4 Å². The average molecular weight is 342 g/mol. The van der Waals surface area contributed by atoms with Crippen LogP contribution in [0.2, 0.25) is 0 Å². The Morgan fingerprint density at radius 3 is 2.75 bits per heavy atom. The molecule has 0 atom stereocenters. The molecular weight excluding hydrogens is 324 g/mol. The lowest BCUT2D eigenvalue weighted by Gasteiger charge is -2.26. The highest BCUT2D eigenvalue weighted by Crippen LogP contribution is 2.29. The largest absolute Gasteiger partial charge is 0.346 e. The molecule has 7 heteroatoms. The maximum atomic E-state index is 12.9. The molecule has 0 spiro atoms. The van der Waals surface area contributed by atoms with Crippen LogP contribution in [-0.4, -0.2) is 48.9 Å². The van der Waals surface area contributed by atoms with Gasteiger partial charge in [-0.05, 0) is 35.4 Å². The van der Waals surface area contributed by atoms with E-state index in [4.69, 9.17) is 0 Å². The Morgan fingerprint density at radius 1 is 1.08 bits per heavy atom. The maximum absolute atomic E-state index is 12.9. The van der Waals surface area contributed by atoms with Crippen molar-refractivity contribution in [2.45, 2.75) is 4.90 Å². The van der Waals surface area contributed by atoms with Gasteiger partial charge in [0.15, 0.2) is 0 Å². The molecule has 3 aromatic rings. The van der Waals surface area contributed by atoms with Crippen LogP contribution in [0.1, 0.15) is 0 Å². The molecule has 0 unspecified atom stereocenters. The fourth-order valence-electron chi connectivity index (χ4n) is 3.07. The van der Waals surface area contributed by atoms with Crippen molar-refractivity contribution in [2.75, 3.05) is 26.2 Å². The number of hydrogen-bond donors (Lipinski definition) is 2. The van der Waals surface area contributed by atoms with Gasteiger partial charge in [0, 0.05) is 44.0 Å². The first-order valence-corrected chi connectivity index (χ1v) is 9.34. The molecule has 6 nitrogen and oxygen atoms in total. The molecule has 0 radical (unpaired) electrons. The number of rotatable bonds is 3. The number of aromatic nitrogens is 2. The summed E-state index contributed by atoms with van der Waals surface area (Å²) in [4.78, 5) is 7.70.